The minimum atomic E-state index is 0.106. The highest BCUT2D eigenvalue weighted by atomic mass is 16.2. The lowest BCUT2D eigenvalue weighted by Crippen LogP contribution is -2.49. The number of nitrogens with zero attached hydrogens (tertiary/aromatic N) is 3. The first kappa shape index (κ1) is 14.1. The molecule has 1 N–H and O–H groups in total. The van der Waals surface area contributed by atoms with E-state index in [1.807, 2.05) is 11.8 Å². The summed E-state index contributed by atoms with van der Waals surface area (Å²) in [4.78, 5) is 16.7. The fraction of sp³-hybridized carbons (Fsp3) is 0.714. The van der Waals surface area contributed by atoms with E-state index >= 15 is 0 Å². The van der Waals surface area contributed by atoms with E-state index in [1.54, 1.807) is 6.20 Å². The number of rotatable bonds is 4. The zero-order chi connectivity index (χ0) is 13.8. The molecular formula is C14H24N4O. The van der Waals surface area contributed by atoms with Gasteiger partial charge in [0.05, 0.1) is 11.8 Å². The lowest BCUT2D eigenvalue weighted by atomic mass is 10.1. The molecule has 5 heteroatoms. The fourth-order valence-electron chi connectivity index (χ4n) is 2.35. The van der Waals surface area contributed by atoms with Crippen molar-refractivity contribution in [3.63, 3.8) is 0 Å². The largest absolute Gasteiger partial charge is 0.336 e. The highest BCUT2D eigenvalue weighted by molar-refractivity contribution is 5.95. The number of amides is 1. The van der Waals surface area contributed by atoms with Crippen molar-refractivity contribution in [3.05, 3.63) is 17.5 Å². The number of carbonyl (C=O) groups excluding carboxylic acids is 1. The average Bonchev–Trinajstić information content (AvgIpc) is 2.82. The minimum Gasteiger partial charge on any atom is -0.336 e. The van der Waals surface area contributed by atoms with Crippen LogP contribution in [0.25, 0.3) is 0 Å². The molecule has 106 valence electrons. The van der Waals surface area contributed by atoms with E-state index in [9.17, 15) is 4.79 Å². The third-order valence-electron chi connectivity index (χ3n) is 3.74. The number of aryl methyl sites for hydroxylation is 1. The molecule has 2 heterocycles. The average molecular weight is 264 g/mol. The van der Waals surface area contributed by atoms with E-state index in [0.717, 1.165) is 44.3 Å². The molecule has 0 aromatic carbocycles. The number of H-pyrrole nitrogens is 1. The number of aromatic amines is 1. The lowest BCUT2D eigenvalue weighted by molar-refractivity contribution is 0.0631. The van der Waals surface area contributed by atoms with E-state index in [4.69, 9.17) is 0 Å². The van der Waals surface area contributed by atoms with Crippen molar-refractivity contribution in [1.29, 1.82) is 0 Å². The Morgan fingerprint density at radius 2 is 2.05 bits per heavy atom. The van der Waals surface area contributed by atoms with E-state index in [0.29, 0.717) is 5.56 Å². The lowest BCUT2D eigenvalue weighted by Gasteiger charge is -2.35. The first-order valence-electron chi connectivity index (χ1n) is 7.09. The van der Waals surface area contributed by atoms with Crippen LogP contribution in [0.4, 0.5) is 0 Å². The molecule has 1 saturated heterocycles. The number of carbonyl (C=O) groups is 1. The van der Waals surface area contributed by atoms with Crippen LogP contribution in [0.3, 0.4) is 0 Å². The Hall–Kier alpha value is -1.36. The van der Waals surface area contributed by atoms with Gasteiger partial charge in [-0.1, -0.05) is 13.8 Å². The van der Waals surface area contributed by atoms with Crippen LogP contribution in [0.2, 0.25) is 0 Å². The maximum Gasteiger partial charge on any atom is 0.257 e. The standard InChI is InChI=1S/C14H24N4O/c1-11(2)4-5-17-6-8-18(9-7-17)14(19)13-10-15-16-12(13)3/h10-11H,4-9H2,1-3H3,(H,15,16). The summed E-state index contributed by atoms with van der Waals surface area (Å²) < 4.78 is 0. The van der Waals surface area contributed by atoms with Crippen LogP contribution >= 0.6 is 0 Å². The zero-order valence-corrected chi connectivity index (χ0v) is 12.1. The second-order valence-corrected chi connectivity index (χ2v) is 5.73. The molecule has 0 saturated carbocycles. The highest BCUT2D eigenvalue weighted by Gasteiger charge is 2.23. The van der Waals surface area contributed by atoms with E-state index in [1.165, 1.54) is 6.42 Å². The Bertz CT molecular complexity index is 419. The first-order valence-corrected chi connectivity index (χ1v) is 7.09. The van der Waals surface area contributed by atoms with Gasteiger partial charge < -0.3 is 4.90 Å². The molecule has 0 radical (unpaired) electrons. The number of hydrogen-bond acceptors (Lipinski definition) is 3. The molecule has 1 amide bonds. The molecule has 1 aliphatic heterocycles. The normalized spacial score (nSPS) is 17.2. The molecule has 1 aromatic heterocycles. The van der Waals surface area contributed by atoms with Crippen LogP contribution in [0.15, 0.2) is 6.20 Å². The summed E-state index contributed by atoms with van der Waals surface area (Å²) >= 11 is 0. The van der Waals surface area contributed by atoms with Gasteiger partial charge in [-0.05, 0) is 25.8 Å². The van der Waals surface area contributed by atoms with Crippen molar-refractivity contribution >= 4 is 5.91 Å². The third-order valence-corrected chi connectivity index (χ3v) is 3.74. The molecular weight excluding hydrogens is 240 g/mol. The maximum absolute atomic E-state index is 12.3. The van der Waals surface area contributed by atoms with Crippen LogP contribution in [-0.4, -0.2) is 58.6 Å². The third kappa shape index (κ3) is 3.56. The number of hydrogen-bond donors (Lipinski definition) is 1. The Labute approximate surface area is 115 Å². The van der Waals surface area contributed by atoms with Crippen LogP contribution < -0.4 is 0 Å². The number of nitrogens with one attached hydrogen (secondary N) is 1. The monoisotopic (exact) mass is 264 g/mol. The Kier molecular flexibility index (Phi) is 4.58. The molecule has 1 aliphatic rings. The SMILES string of the molecule is Cc1[nH]ncc1C(=O)N1CCN(CCC(C)C)CC1. The zero-order valence-electron chi connectivity index (χ0n) is 12.1. The molecule has 0 bridgehead atoms. The topological polar surface area (TPSA) is 52.2 Å². The van der Waals surface area contributed by atoms with Gasteiger partial charge >= 0.3 is 0 Å². The molecule has 0 unspecified atom stereocenters. The van der Waals surface area contributed by atoms with Crippen LogP contribution in [0.1, 0.15) is 36.3 Å². The van der Waals surface area contributed by atoms with E-state index in [2.05, 4.69) is 28.9 Å². The van der Waals surface area contributed by atoms with Gasteiger partial charge in [0.15, 0.2) is 0 Å². The Balaban J connectivity index is 1.83. The summed E-state index contributed by atoms with van der Waals surface area (Å²) in [6.07, 6.45) is 2.86. The molecule has 0 aliphatic carbocycles. The Morgan fingerprint density at radius 3 is 2.58 bits per heavy atom. The smallest absolute Gasteiger partial charge is 0.257 e. The van der Waals surface area contributed by atoms with Crippen molar-refractivity contribution in [3.8, 4) is 0 Å². The van der Waals surface area contributed by atoms with Gasteiger partial charge in [-0.15, -0.1) is 0 Å². The highest BCUT2D eigenvalue weighted by Crippen LogP contribution is 2.11. The summed E-state index contributed by atoms with van der Waals surface area (Å²) in [6, 6.07) is 0. The van der Waals surface area contributed by atoms with Gasteiger partial charge in [0.1, 0.15) is 0 Å². The van der Waals surface area contributed by atoms with Gasteiger partial charge in [0, 0.05) is 31.9 Å². The van der Waals surface area contributed by atoms with Crippen LogP contribution in [0.5, 0.6) is 0 Å². The molecule has 1 fully saturated rings. The van der Waals surface area contributed by atoms with Gasteiger partial charge in [-0.25, -0.2) is 0 Å². The van der Waals surface area contributed by atoms with Crippen LogP contribution in [-0.2, 0) is 0 Å². The molecule has 0 atom stereocenters. The quantitative estimate of drug-likeness (QED) is 0.897. The predicted molar refractivity (Wildman–Crippen MR) is 75.1 cm³/mol. The van der Waals surface area contributed by atoms with Crippen molar-refractivity contribution in [1.82, 2.24) is 20.0 Å². The summed E-state index contributed by atoms with van der Waals surface area (Å²) in [5.41, 5.74) is 1.56. The summed E-state index contributed by atoms with van der Waals surface area (Å²) in [6.45, 7) is 11.1. The second-order valence-electron chi connectivity index (χ2n) is 5.73. The fourth-order valence-corrected chi connectivity index (χ4v) is 2.35. The van der Waals surface area contributed by atoms with E-state index in [-0.39, 0.29) is 5.91 Å². The molecule has 5 nitrogen and oxygen atoms in total. The van der Waals surface area contributed by atoms with Gasteiger partial charge in [0.25, 0.3) is 5.91 Å². The van der Waals surface area contributed by atoms with Crippen molar-refractivity contribution in [2.75, 3.05) is 32.7 Å². The summed E-state index contributed by atoms with van der Waals surface area (Å²) in [5, 5.41) is 6.74. The summed E-state index contributed by atoms with van der Waals surface area (Å²) in [5.74, 6) is 0.850. The van der Waals surface area contributed by atoms with Crippen molar-refractivity contribution in [2.24, 2.45) is 5.92 Å². The van der Waals surface area contributed by atoms with Crippen molar-refractivity contribution < 1.29 is 4.79 Å². The first-order chi connectivity index (χ1) is 9.08. The second kappa shape index (κ2) is 6.19. The minimum absolute atomic E-state index is 0.106. The number of piperazine rings is 1. The van der Waals surface area contributed by atoms with E-state index < -0.39 is 0 Å². The predicted octanol–water partition coefficient (Wildman–Crippen LogP) is 1.52. The van der Waals surface area contributed by atoms with Crippen LogP contribution in [0, 0.1) is 12.8 Å². The molecule has 1 aromatic rings. The summed E-state index contributed by atoms with van der Waals surface area (Å²) in [7, 11) is 0. The van der Waals surface area contributed by atoms with Crippen molar-refractivity contribution in [2.45, 2.75) is 27.2 Å². The van der Waals surface area contributed by atoms with Gasteiger partial charge in [0.2, 0.25) is 0 Å². The van der Waals surface area contributed by atoms with Gasteiger partial charge in [-0.3, -0.25) is 14.8 Å². The number of aromatic nitrogens is 2. The maximum atomic E-state index is 12.3. The molecule has 2 rings (SSSR count). The Morgan fingerprint density at radius 1 is 1.37 bits per heavy atom. The van der Waals surface area contributed by atoms with Gasteiger partial charge in [-0.2, -0.15) is 5.10 Å². The molecule has 19 heavy (non-hydrogen) atoms. The molecule has 0 spiro atoms.